The molecule has 1 aromatic rings. The van der Waals surface area contributed by atoms with Crippen molar-refractivity contribution in [1.29, 1.82) is 0 Å². The molecule has 1 heterocycles. The molecule has 0 saturated heterocycles. The van der Waals surface area contributed by atoms with Crippen LogP contribution in [-0.2, 0) is 14.3 Å². The molecule has 1 N–H and O–H groups in total. The van der Waals surface area contributed by atoms with Crippen LogP contribution in [0, 0.1) is 10.8 Å². The van der Waals surface area contributed by atoms with Gasteiger partial charge in [0.1, 0.15) is 11.5 Å². The normalized spacial score (nSPS) is 23.5. The third-order valence-electron chi connectivity index (χ3n) is 6.12. The molecule has 0 saturated carbocycles. The van der Waals surface area contributed by atoms with Gasteiger partial charge in [-0.15, -0.1) is 0 Å². The Labute approximate surface area is 171 Å². The van der Waals surface area contributed by atoms with Gasteiger partial charge in [0.05, 0.1) is 13.0 Å². The molecular weight excluding hydrogens is 368 g/mol. The van der Waals surface area contributed by atoms with E-state index in [0.717, 1.165) is 0 Å². The fourth-order valence-corrected chi connectivity index (χ4v) is 4.98. The molecule has 0 spiro atoms. The van der Waals surface area contributed by atoms with Gasteiger partial charge in [-0.25, -0.2) is 0 Å². The Bertz CT molecular complexity index is 925. The SMILES string of the molecule is COc1c(O)cccc1C1C2=C(CC(C)(C)CC2=O)OC2=C1C(=O)CC(C)(C)C2. The number of ketones is 2. The summed E-state index contributed by atoms with van der Waals surface area (Å²) in [5.74, 6) is 1.03. The van der Waals surface area contributed by atoms with Gasteiger partial charge in [0.15, 0.2) is 23.1 Å². The molecule has 2 aliphatic carbocycles. The number of allylic oxidation sites excluding steroid dienone is 4. The zero-order valence-corrected chi connectivity index (χ0v) is 17.7. The minimum Gasteiger partial charge on any atom is -0.504 e. The minimum atomic E-state index is -0.567. The summed E-state index contributed by atoms with van der Waals surface area (Å²) in [5.41, 5.74) is 1.32. The standard InChI is InChI=1S/C24H28O5/c1-23(2)9-15(26)20-17(11-23)29-18-12-24(3,4)10-16(27)21(18)19(20)13-7-6-8-14(25)22(13)28-5/h6-8,19,25H,9-12H2,1-5H3. The van der Waals surface area contributed by atoms with Crippen LogP contribution in [0.5, 0.6) is 11.5 Å². The molecule has 0 radical (unpaired) electrons. The number of aromatic hydroxyl groups is 1. The number of hydrogen-bond donors (Lipinski definition) is 1. The first-order valence-corrected chi connectivity index (χ1v) is 10.1. The summed E-state index contributed by atoms with van der Waals surface area (Å²) in [6.07, 6.45) is 2.07. The molecule has 29 heavy (non-hydrogen) atoms. The number of phenols is 1. The highest BCUT2D eigenvalue weighted by Crippen LogP contribution is 2.55. The number of phenolic OH excluding ortho intramolecular Hbond substituents is 1. The predicted molar refractivity (Wildman–Crippen MR) is 109 cm³/mol. The molecule has 3 aliphatic rings. The predicted octanol–water partition coefficient (Wildman–Crippen LogP) is 4.80. The van der Waals surface area contributed by atoms with E-state index in [0.29, 0.717) is 59.7 Å². The first-order chi connectivity index (χ1) is 13.5. The fraction of sp³-hybridized carbons (Fsp3) is 0.500. The van der Waals surface area contributed by atoms with E-state index in [-0.39, 0.29) is 28.1 Å². The number of hydrogen-bond acceptors (Lipinski definition) is 5. The molecule has 1 aromatic carbocycles. The Morgan fingerprint density at radius 1 is 0.931 bits per heavy atom. The quantitative estimate of drug-likeness (QED) is 0.777. The summed E-state index contributed by atoms with van der Waals surface area (Å²) in [5, 5.41) is 10.4. The van der Waals surface area contributed by atoms with Crippen LogP contribution >= 0.6 is 0 Å². The first-order valence-electron chi connectivity index (χ1n) is 10.1. The Balaban J connectivity index is 1.97. The van der Waals surface area contributed by atoms with Crippen molar-refractivity contribution in [3.63, 3.8) is 0 Å². The molecule has 1 aliphatic heterocycles. The molecule has 0 atom stereocenters. The molecule has 5 heteroatoms. The van der Waals surface area contributed by atoms with E-state index in [1.807, 2.05) is 6.07 Å². The monoisotopic (exact) mass is 396 g/mol. The third-order valence-corrected chi connectivity index (χ3v) is 6.12. The molecule has 0 unspecified atom stereocenters. The summed E-state index contributed by atoms with van der Waals surface area (Å²) in [4.78, 5) is 26.5. The topological polar surface area (TPSA) is 72.8 Å². The average Bonchev–Trinajstić information content (AvgIpc) is 2.57. The highest BCUT2D eigenvalue weighted by atomic mass is 16.5. The number of para-hydroxylation sites is 1. The van der Waals surface area contributed by atoms with Crippen LogP contribution in [0.25, 0.3) is 0 Å². The van der Waals surface area contributed by atoms with Crippen molar-refractivity contribution in [2.24, 2.45) is 10.8 Å². The number of carbonyl (C=O) groups excluding carboxylic acids is 2. The molecular formula is C24H28O5. The summed E-state index contributed by atoms with van der Waals surface area (Å²) in [6, 6.07) is 5.09. The summed E-state index contributed by atoms with van der Waals surface area (Å²) in [7, 11) is 1.49. The van der Waals surface area contributed by atoms with E-state index >= 15 is 0 Å². The van der Waals surface area contributed by atoms with Crippen LogP contribution in [0.15, 0.2) is 40.9 Å². The van der Waals surface area contributed by atoms with Crippen LogP contribution < -0.4 is 4.74 Å². The highest BCUT2D eigenvalue weighted by Gasteiger charge is 2.48. The van der Waals surface area contributed by atoms with E-state index < -0.39 is 5.92 Å². The van der Waals surface area contributed by atoms with Crippen molar-refractivity contribution in [2.45, 2.75) is 59.3 Å². The van der Waals surface area contributed by atoms with Gasteiger partial charge in [-0.3, -0.25) is 9.59 Å². The first kappa shape index (κ1) is 19.7. The number of ether oxygens (including phenoxy) is 2. The second kappa shape index (κ2) is 6.48. The maximum absolute atomic E-state index is 13.2. The second-order valence-corrected chi connectivity index (χ2v) is 9.99. The number of methoxy groups -OCH3 is 1. The van der Waals surface area contributed by atoms with Crippen molar-refractivity contribution in [2.75, 3.05) is 7.11 Å². The number of Topliss-reactive ketones (excluding diaryl/α,β-unsaturated/α-hetero) is 2. The maximum atomic E-state index is 13.2. The fourth-order valence-electron chi connectivity index (χ4n) is 4.98. The van der Waals surface area contributed by atoms with Gasteiger partial charge >= 0.3 is 0 Å². The van der Waals surface area contributed by atoms with Crippen LogP contribution in [0.2, 0.25) is 0 Å². The third kappa shape index (κ3) is 3.26. The zero-order valence-electron chi connectivity index (χ0n) is 17.7. The van der Waals surface area contributed by atoms with Gasteiger partial charge in [0.25, 0.3) is 0 Å². The van der Waals surface area contributed by atoms with Gasteiger partial charge in [0.2, 0.25) is 0 Å². The maximum Gasteiger partial charge on any atom is 0.164 e. The summed E-state index contributed by atoms with van der Waals surface area (Å²) in [6.45, 7) is 8.23. The van der Waals surface area contributed by atoms with Crippen molar-refractivity contribution in [3.05, 3.63) is 46.4 Å². The van der Waals surface area contributed by atoms with E-state index in [4.69, 9.17) is 9.47 Å². The largest absolute Gasteiger partial charge is 0.504 e. The van der Waals surface area contributed by atoms with Crippen LogP contribution in [0.4, 0.5) is 0 Å². The van der Waals surface area contributed by atoms with E-state index in [1.165, 1.54) is 7.11 Å². The number of rotatable bonds is 2. The Morgan fingerprint density at radius 2 is 1.45 bits per heavy atom. The van der Waals surface area contributed by atoms with Crippen LogP contribution in [0.1, 0.15) is 64.9 Å². The van der Waals surface area contributed by atoms with E-state index in [2.05, 4.69) is 27.7 Å². The Hall–Kier alpha value is -2.56. The van der Waals surface area contributed by atoms with Gasteiger partial charge in [0, 0.05) is 42.4 Å². The lowest BCUT2D eigenvalue weighted by atomic mass is 9.65. The van der Waals surface area contributed by atoms with Crippen molar-refractivity contribution in [1.82, 2.24) is 0 Å². The minimum absolute atomic E-state index is 0.00386. The lowest BCUT2D eigenvalue weighted by Crippen LogP contribution is -2.37. The molecule has 154 valence electrons. The summed E-state index contributed by atoms with van der Waals surface area (Å²) < 4.78 is 11.8. The van der Waals surface area contributed by atoms with Crippen molar-refractivity contribution in [3.8, 4) is 11.5 Å². The average molecular weight is 396 g/mol. The molecule has 0 aromatic heterocycles. The second-order valence-electron chi connectivity index (χ2n) is 9.99. The molecule has 5 nitrogen and oxygen atoms in total. The van der Waals surface area contributed by atoms with Gasteiger partial charge < -0.3 is 14.6 Å². The van der Waals surface area contributed by atoms with Crippen molar-refractivity contribution >= 4 is 11.6 Å². The Morgan fingerprint density at radius 3 is 1.93 bits per heavy atom. The molecule has 0 amide bonds. The van der Waals surface area contributed by atoms with E-state index in [9.17, 15) is 14.7 Å². The van der Waals surface area contributed by atoms with E-state index in [1.54, 1.807) is 12.1 Å². The van der Waals surface area contributed by atoms with Crippen LogP contribution in [-0.4, -0.2) is 23.8 Å². The molecule has 0 bridgehead atoms. The summed E-state index contributed by atoms with van der Waals surface area (Å²) >= 11 is 0. The molecule has 0 fully saturated rings. The number of carbonyl (C=O) groups is 2. The Kier molecular flexibility index (Phi) is 4.41. The lowest BCUT2D eigenvalue weighted by Gasteiger charge is -2.42. The lowest BCUT2D eigenvalue weighted by molar-refractivity contribution is -0.120. The number of benzene rings is 1. The van der Waals surface area contributed by atoms with Gasteiger partial charge in [-0.05, 0) is 16.9 Å². The highest BCUT2D eigenvalue weighted by molar-refractivity contribution is 6.06. The van der Waals surface area contributed by atoms with Gasteiger partial charge in [-0.1, -0.05) is 39.8 Å². The van der Waals surface area contributed by atoms with Gasteiger partial charge in [-0.2, -0.15) is 0 Å². The van der Waals surface area contributed by atoms with Crippen molar-refractivity contribution < 1.29 is 24.2 Å². The molecule has 4 rings (SSSR count). The zero-order chi connectivity index (χ0) is 21.1. The van der Waals surface area contributed by atoms with Crippen LogP contribution in [0.3, 0.4) is 0 Å². The smallest absolute Gasteiger partial charge is 0.164 e.